The molecule has 0 spiro atoms. The van der Waals surface area contributed by atoms with E-state index < -0.39 is 0 Å². The van der Waals surface area contributed by atoms with E-state index in [0.29, 0.717) is 6.10 Å². The third-order valence-corrected chi connectivity index (χ3v) is 4.27. The van der Waals surface area contributed by atoms with E-state index in [0.717, 1.165) is 25.5 Å². The van der Waals surface area contributed by atoms with Crippen LogP contribution in [0.15, 0.2) is 0 Å². The van der Waals surface area contributed by atoms with Crippen molar-refractivity contribution >= 4 is 0 Å². The first-order chi connectivity index (χ1) is 8.63. The maximum absolute atomic E-state index is 9.42. The van der Waals surface area contributed by atoms with E-state index >= 15 is 0 Å². The molecular weight excluding hydrogens is 226 g/mol. The molecular formula is C15H31NO2. The second-order valence-corrected chi connectivity index (χ2v) is 5.93. The lowest BCUT2D eigenvalue weighted by Crippen LogP contribution is -2.46. The van der Waals surface area contributed by atoms with Crippen molar-refractivity contribution in [2.24, 2.45) is 5.92 Å². The van der Waals surface area contributed by atoms with Crippen molar-refractivity contribution in [1.82, 2.24) is 5.32 Å². The zero-order chi connectivity index (χ0) is 13.4. The maximum atomic E-state index is 9.42. The lowest BCUT2D eigenvalue weighted by Gasteiger charge is -2.31. The van der Waals surface area contributed by atoms with E-state index in [-0.39, 0.29) is 12.1 Å². The van der Waals surface area contributed by atoms with Crippen molar-refractivity contribution in [3.8, 4) is 0 Å². The number of aliphatic hydroxyl groups is 1. The SMILES string of the molecule is CCNC(C)(CO)CCOC1CCCC(CC)C1. The minimum absolute atomic E-state index is 0.173. The number of likely N-dealkylation sites (N-methyl/N-ethyl adjacent to an activating group) is 1. The Hall–Kier alpha value is -0.120. The summed E-state index contributed by atoms with van der Waals surface area (Å²) in [6, 6.07) is 0. The molecule has 0 radical (unpaired) electrons. The van der Waals surface area contributed by atoms with Gasteiger partial charge in [0.25, 0.3) is 0 Å². The molecule has 0 aromatic rings. The van der Waals surface area contributed by atoms with E-state index in [9.17, 15) is 5.11 Å². The molecule has 0 aromatic heterocycles. The van der Waals surface area contributed by atoms with Crippen LogP contribution in [-0.2, 0) is 4.74 Å². The van der Waals surface area contributed by atoms with Crippen LogP contribution < -0.4 is 5.32 Å². The highest BCUT2D eigenvalue weighted by atomic mass is 16.5. The van der Waals surface area contributed by atoms with Gasteiger partial charge in [0.15, 0.2) is 0 Å². The lowest BCUT2D eigenvalue weighted by atomic mass is 9.85. The highest BCUT2D eigenvalue weighted by Gasteiger charge is 2.24. The fraction of sp³-hybridized carbons (Fsp3) is 1.00. The van der Waals surface area contributed by atoms with E-state index in [4.69, 9.17) is 4.74 Å². The predicted molar refractivity (Wildman–Crippen MR) is 75.8 cm³/mol. The minimum Gasteiger partial charge on any atom is -0.394 e. The van der Waals surface area contributed by atoms with Crippen molar-refractivity contribution in [2.45, 2.75) is 70.9 Å². The molecule has 1 fully saturated rings. The molecule has 108 valence electrons. The first kappa shape index (κ1) is 15.9. The maximum Gasteiger partial charge on any atom is 0.0611 e. The van der Waals surface area contributed by atoms with Crippen LogP contribution in [0.3, 0.4) is 0 Å². The van der Waals surface area contributed by atoms with Crippen LogP contribution in [-0.4, -0.2) is 36.5 Å². The number of hydrogen-bond acceptors (Lipinski definition) is 3. The van der Waals surface area contributed by atoms with Crippen molar-refractivity contribution in [2.75, 3.05) is 19.8 Å². The molecule has 2 N–H and O–H groups in total. The smallest absolute Gasteiger partial charge is 0.0611 e. The van der Waals surface area contributed by atoms with Crippen LogP contribution in [0.4, 0.5) is 0 Å². The fourth-order valence-electron chi connectivity index (χ4n) is 2.86. The predicted octanol–water partition coefficient (Wildman–Crippen LogP) is 2.72. The van der Waals surface area contributed by atoms with Gasteiger partial charge in [-0.1, -0.05) is 33.1 Å². The summed E-state index contributed by atoms with van der Waals surface area (Å²) < 4.78 is 6.01. The van der Waals surface area contributed by atoms with Gasteiger partial charge in [0, 0.05) is 12.1 Å². The molecule has 0 aliphatic heterocycles. The first-order valence-corrected chi connectivity index (χ1v) is 7.61. The standard InChI is InChI=1S/C15H31NO2/c1-4-13-7-6-8-14(11-13)18-10-9-15(3,12-17)16-5-2/h13-14,16-17H,4-12H2,1-3H3. The second-order valence-electron chi connectivity index (χ2n) is 5.93. The Kier molecular flexibility index (Phi) is 7.20. The Morgan fingerprint density at radius 3 is 2.72 bits per heavy atom. The fourth-order valence-corrected chi connectivity index (χ4v) is 2.86. The number of ether oxygens (including phenoxy) is 1. The summed E-state index contributed by atoms with van der Waals surface area (Å²) in [5.41, 5.74) is -0.187. The molecule has 18 heavy (non-hydrogen) atoms. The van der Waals surface area contributed by atoms with E-state index in [2.05, 4.69) is 26.1 Å². The zero-order valence-electron chi connectivity index (χ0n) is 12.4. The Bertz CT molecular complexity index is 223. The molecule has 3 unspecified atom stereocenters. The Balaban J connectivity index is 2.23. The molecule has 0 saturated heterocycles. The van der Waals surface area contributed by atoms with Gasteiger partial charge in [0.05, 0.1) is 12.7 Å². The molecule has 1 saturated carbocycles. The summed E-state index contributed by atoms with van der Waals surface area (Å²) in [5, 5.41) is 12.8. The van der Waals surface area contributed by atoms with Crippen LogP contribution in [0, 0.1) is 5.92 Å². The van der Waals surface area contributed by atoms with Gasteiger partial charge >= 0.3 is 0 Å². The quantitative estimate of drug-likeness (QED) is 0.702. The van der Waals surface area contributed by atoms with Crippen molar-refractivity contribution in [3.05, 3.63) is 0 Å². The first-order valence-electron chi connectivity index (χ1n) is 7.61. The molecule has 1 aliphatic rings. The number of aliphatic hydroxyl groups excluding tert-OH is 1. The van der Waals surface area contributed by atoms with Gasteiger partial charge in [-0.15, -0.1) is 0 Å². The third-order valence-electron chi connectivity index (χ3n) is 4.27. The molecule has 1 rings (SSSR count). The Morgan fingerprint density at radius 1 is 1.33 bits per heavy atom. The number of nitrogens with one attached hydrogen (secondary N) is 1. The van der Waals surface area contributed by atoms with Crippen LogP contribution in [0.25, 0.3) is 0 Å². The summed E-state index contributed by atoms with van der Waals surface area (Å²) in [6.07, 6.45) is 7.75. The monoisotopic (exact) mass is 257 g/mol. The molecule has 1 aliphatic carbocycles. The average molecular weight is 257 g/mol. The second kappa shape index (κ2) is 8.13. The lowest BCUT2D eigenvalue weighted by molar-refractivity contribution is -0.00151. The van der Waals surface area contributed by atoms with Gasteiger partial charge < -0.3 is 15.2 Å². The molecule has 0 bridgehead atoms. The largest absolute Gasteiger partial charge is 0.394 e. The van der Waals surface area contributed by atoms with E-state index in [1.165, 1.54) is 32.1 Å². The van der Waals surface area contributed by atoms with Gasteiger partial charge in [-0.05, 0) is 38.6 Å². The van der Waals surface area contributed by atoms with Gasteiger partial charge in [0.2, 0.25) is 0 Å². The van der Waals surface area contributed by atoms with Crippen LogP contribution in [0.1, 0.15) is 59.3 Å². The third kappa shape index (κ3) is 5.25. The van der Waals surface area contributed by atoms with Crippen LogP contribution in [0.5, 0.6) is 0 Å². The molecule has 0 aromatic carbocycles. The highest BCUT2D eigenvalue weighted by Crippen LogP contribution is 2.28. The van der Waals surface area contributed by atoms with Gasteiger partial charge in [-0.3, -0.25) is 0 Å². The van der Waals surface area contributed by atoms with E-state index in [1.54, 1.807) is 0 Å². The van der Waals surface area contributed by atoms with Gasteiger partial charge in [0.1, 0.15) is 0 Å². The summed E-state index contributed by atoms with van der Waals surface area (Å²) >= 11 is 0. The van der Waals surface area contributed by atoms with Crippen molar-refractivity contribution in [3.63, 3.8) is 0 Å². The van der Waals surface area contributed by atoms with Crippen molar-refractivity contribution < 1.29 is 9.84 Å². The van der Waals surface area contributed by atoms with Gasteiger partial charge in [-0.25, -0.2) is 0 Å². The molecule has 3 heteroatoms. The van der Waals surface area contributed by atoms with E-state index in [1.807, 2.05) is 0 Å². The number of rotatable bonds is 8. The average Bonchev–Trinajstić information content (AvgIpc) is 2.39. The summed E-state index contributed by atoms with van der Waals surface area (Å²) in [5.74, 6) is 0.863. The zero-order valence-corrected chi connectivity index (χ0v) is 12.4. The summed E-state index contributed by atoms with van der Waals surface area (Å²) in [6.45, 7) is 8.23. The minimum atomic E-state index is -0.187. The normalized spacial score (nSPS) is 28.0. The number of hydrogen-bond donors (Lipinski definition) is 2. The van der Waals surface area contributed by atoms with Gasteiger partial charge in [-0.2, -0.15) is 0 Å². The van der Waals surface area contributed by atoms with Crippen LogP contribution in [0.2, 0.25) is 0 Å². The van der Waals surface area contributed by atoms with Crippen LogP contribution >= 0.6 is 0 Å². The highest BCUT2D eigenvalue weighted by molar-refractivity contribution is 4.82. The summed E-state index contributed by atoms with van der Waals surface area (Å²) in [7, 11) is 0. The Labute approximate surface area is 112 Å². The molecule has 0 heterocycles. The molecule has 0 amide bonds. The molecule has 3 nitrogen and oxygen atoms in total. The van der Waals surface area contributed by atoms with Crippen molar-refractivity contribution in [1.29, 1.82) is 0 Å². The topological polar surface area (TPSA) is 41.5 Å². The summed E-state index contributed by atoms with van der Waals surface area (Å²) in [4.78, 5) is 0. The Morgan fingerprint density at radius 2 is 2.11 bits per heavy atom. The molecule has 3 atom stereocenters.